The molecular formula is C19H20Cl2N2O4. The molecule has 0 aromatic heterocycles. The molecule has 0 spiro atoms. The maximum atomic E-state index is 11.8. The first-order chi connectivity index (χ1) is 13.0. The number of carbonyl (C=O) groups excluding carboxylic acids is 1. The molecule has 144 valence electrons. The van der Waals surface area contributed by atoms with Crippen molar-refractivity contribution in [3.05, 3.63) is 52.0 Å². The summed E-state index contributed by atoms with van der Waals surface area (Å²) >= 11 is 11.8. The molecule has 6 nitrogen and oxygen atoms in total. The average molecular weight is 411 g/mol. The fraction of sp³-hybridized carbons (Fsp3) is 0.263. The first kappa shape index (κ1) is 20.9. The van der Waals surface area contributed by atoms with Crippen LogP contribution in [0.1, 0.15) is 25.3 Å². The van der Waals surface area contributed by atoms with E-state index < -0.39 is 0 Å². The quantitative estimate of drug-likeness (QED) is 0.364. The van der Waals surface area contributed by atoms with Crippen LogP contribution in [0.3, 0.4) is 0 Å². The van der Waals surface area contributed by atoms with Gasteiger partial charge in [-0.05, 0) is 55.3 Å². The number of aromatic hydroxyl groups is 1. The van der Waals surface area contributed by atoms with Gasteiger partial charge in [-0.1, -0.05) is 23.2 Å². The first-order valence-corrected chi connectivity index (χ1v) is 9.10. The summed E-state index contributed by atoms with van der Waals surface area (Å²) in [6.07, 6.45) is 2.24. The van der Waals surface area contributed by atoms with Crippen LogP contribution in [0.25, 0.3) is 0 Å². The Morgan fingerprint density at radius 2 is 2.00 bits per heavy atom. The molecule has 0 saturated heterocycles. The molecule has 0 fully saturated rings. The first-order valence-electron chi connectivity index (χ1n) is 8.35. The standard InChI is InChI=1S/C19H20Cl2N2O4/c1-2-26-18-10-13(5-7-16(18)24)12-22-23-19(25)4-3-9-27-17-8-6-14(20)11-15(17)21/h5-8,10-12,24H,2-4,9H2,1H3,(H,23,25). The summed E-state index contributed by atoms with van der Waals surface area (Å²) in [5.41, 5.74) is 3.13. The van der Waals surface area contributed by atoms with Crippen molar-refractivity contribution in [2.24, 2.45) is 5.10 Å². The van der Waals surface area contributed by atoms with E-state index in [0.29, 0.717) is 46.7 Å². The minimum Gasteiger partial charge on any atom is -0.504 e. The summed E-state index contributed by atoms with van der Waals surface area (Å²) < 4.78 is 10.8. The van der Waals surface area contributed by atoms with Crippen LogP contribution >= 0.6 is 23.2 Å². The Labute approximate surface area is 167 Å². The lowest BCUT2D eigenvalue weighted by Crippen LogP contribution is -2.18. The largest absolute Gasteiger partial charge is 0.504 e. The number of rotatable bonds is 9. The van der Waals surface area contributed by atoms with Crippen LogP contribution in [0.15, 0.2) is 41.5 Å². The number of hydrazone groups is 1. The Morgan fingerprint density at radius 3 is 2.74 bits per heavy atom. The number of nitrogens with zero attached hydrogens (tertiary/aromatic N) is 1. The number of amides is 1. The molecule has 0 unspecified atom stereocenters. The zero-order chi connectivity index (χ0) is 19.6. The van der Waals surface area contributed by atoms with Crippen molar-refractivity contribution >= 4 is 35.3 Å². The molecule has 8 heteroatoms. The third-order valence-electron chi connectivity index (χ3n) is 3.39. The van der Waals surface area contributed by atoms with Gasteiger partial charge in [-0.15, -0.1) is 0 Å². The van der Waals surface area contributed by atoms with Crippen LogP contribution in [0, 0.1) is 0 Å². The topological polar surface area (TPSA) is 80.2 Å². The summed E-state index contributed by atoms with van der Waals surface area (Å²) in [7, 11) is 0. The SMILES string of the molecule is CCOc1cc(C=NNC(=O)CCCOc2ccc(Cl)cc2Cl)ccc1O. The van der Waals surface area contributed by atoms with Crippen LogP contribution in [0.2, 0.25) is 10.0 Å². The van der Waals surface area contributed by atoms with Crippen LogP contribution in [0.5, 0.6) is 17.2 Å². The lowest BCUT2D eigenvalue weighted by Gasteiger charge is -2.07. The lowest BCUT2D eigenvalue weighted by atomic mass is 10.2. The number of hydrogen-bond donors (Lipinski definition) is 2. The van der Waals surface area contributed by atoms with E-state index in [1.54, 1.807) is 30.3 Å². The van der Waals surface area contributed by atoms with Crippen LogP contribution in [-0.4, -0.2) is 30.4 Å². The zero-order valence-corrected chi connectivity index (χ0v) is 16.3. The van der Waals surface area contributed by atoms with E-state index in [2.05, 4.69) is 10.5 Å². The summed E-state index contributed by atoms with van der Waals surface area (Å²) in [6.45, 7) is 2.60. The maximum Gasteiger partial charge on any atom is 0.240 e. The molecular weight excluding hydrogens is 391 g/mol. The second-order valence-corrected chi connectivity index (χ2v) is 6.32. The van der Waals surface area contributed by atoms with Gasteiger partial charge in [-0.3, -0.25) is 4.79 Å². The van der Waals surface area contributed by atoms with Gasteiger partial charge < -0.3 is 14.6 Å². The Hall–Kier alpha value is -2.44. The molecule has 0 aliphatic rings. The number of carbonyl (C=O) groups is 1. The maximum absolute atomic E-state index is 11.8. The van der Waals surface area contributed by atoms with E-state index in [-0.39, 0.29) is 18.1 Å². The van der Waals surface area contributed by atoms with Gasteiger partial charge in [0.15, 0.2) is 11.5 Å². The molecule has 2 N–H and O–H groups in total. The molecule has 0 bridgehead atoms. The third-order valence-corrected chi connectivity index (χ3v) is 3.92. The molecule has 0 radical (unpaired) electrons. The molecule has 2 aromatic rings. The summed E-state index contributed by atoms with van der Waals surface area (Å²) in [5.74, 6) is 0.711. The number of phenolic OH excluding ortho intramolecular Hbond substituents is 1. The van der Waals surface area contributed by atoms with Crippen molar-refractivity contribution in [3.63, 3.8) is 0 Å². The summed E-state index contributed by atoms with van der Waals surface area (Å²) in [6, 6.07) is 9.77. The van der Waals surface area contributed by atoms with Crippen LogP contribution in [-0.2, 0) is 4.79 Å². The van der Waals surface area contributed by atoms with Gasteiger partial charge in [0, 0.05) is 11.4 Å². The average Bonchev–Trinajstić information content (AvgIpc) is 2.63. The molecule has 0 saturated carbocycles. The Balaban J connectivity index is 1.73. The molecule has 0 atom stereocenters. The van der Waals surface area contributed by atoms with Gasteiger partial charge in [-0.2, -0.15) is 5.10 Å². The smallest absolute Gasteiger partial charge is 0.240 e. The van der Waals surface area contributed by atoms with Crippen LogP contribution in [0.4, 0.5) is 0 Å². The monoisotopic (exact) mass is 410 g/mol. The van der Waals surface area contributed by atoms with E-state index in [0.717, 1.165) is 0 Å². The van der Waals surface area contributed by atoms with Gasteiger partial charge in [-0.25, -0.2) is 5.43 Å². The molecule has 2 aromatic carbocycles. The summed E-state index contributed by atoms with van der Waals surface area (Å²) in [5, 5.41) is 14.5. The van der Waals surface area contributed by atoms with E-state index in [4.69, 9.17) is 32.7 Å². The van der Waals surface area contributed by atoms with Crippen molar-refractivity contribution in [3.8, 4) is 17.2 Å². The van der Waals surface area contributed by atoms with Gasteiger partial charge in [0.25, 0.3) is 0 Å². The Bertz CT molecular complexity index is 812. The highest BCUT2D eigenvalue weighted by Gasteiger charge is 2.05. The highest BCUT2D eigenvalue weighted by molar-refractivity contribution is 6.35. The summed E-state index contributed by atoms with van der Waals surface area (Å²) in [4.78, 5) is 11.8. The minimum atomic E-state index is -0.235. The van der Waals surface area contributed by atoms with Crippen LogP contribution < -0.4 is 14.9 Å². The van der Waals surface area contributed by atoms with Gasteiger partial charge in [0.05, 0.1) is 24.5 Å². The molecule has 0 aliphatic carbocycles. The Morgan fingerprint density at radius 1 is 1.19 bits per heavy atom. The third kappa shape index (κ3) is 7.00. The number of hydrogen-bond acceptors (Lipinski definition) is 5. The molecule has 1 amide bonds. The van der Waals surface area contributed by atoms with Crippen molar-refractivity contribution in [1.29, 1.82) is 0 Å². The Kier molecular flexibility index (Phi) is 8.23. The van der Waals surface area contributed by atoms with E-state index in [9.17, 15) is 9.90 Å². The van der Waals surface area contributed by atoms with Crippen molar-refractivity contribution in [1.82, 2.24) is 5.43 Å². The van der Waals surface area contributed by atoms with E-state index in [1.807, 2.05) is 6.92 Å². The zero-order valence-electron chi connectivity index (χ0n) is 14.7. The number of benzene rings is 2. The fourth-order valence-electron chi connectivity index (χ4n) is 2.12. The van der Waals surface area contributed by atoms with Gasteiger partial charge in [0.2, 0.25) is 5.91 Å². The van der Waals surface area contributed by atoms with Crippen molar-refractivity contribution in [2.45, 2.75) is 19.8 Å². The van der Waals surface area contributed by atoms with E-state index in [1.165, 1.54) is 12.3 Å². The second-order valence-electron chi connectivity index (χ2n) is 5.48. The fourth-order valence-corrected chi connectivity index (χ4v) is 2.59. The number of nitrogens with one attached hydrogen (secondary N) is 1. The minimum absolute atomic E-state index is 0.0545. The van der Waals surface area contributed by atoms with Crippen molar-refractivity contribution in [2.75, 3.05) is 13.2 Å². The lowest BCUT2D eigenvalue weighted by molar-refractivity contribution is -0.121. The van der Waals surface area contributed by atoms with E-state index >= 15 is 0 Å². The molecule has 0 aliphatic heterocycles. The normalized spacial score (nSPS) is 10.8. The number of halogens is 2. The molecule has 0 heterocycles. The number of ether oxygens (including phenoxy) is 2. The van der Waals surface area contributed by atoms with Gasteiger partial charge >= 0.3 is 0 Å². The highest BCUT2D eigenvalue weighted by atomic mass is 35.5. The van der Waals surface area contributed by atoms with Gasteiger partial charge in [0.1, 0.15) is 5.75 Å². The highest BCUT2D eigenvalue weighted by Crippen LogP contribution is 2.27. The second kappa shape index (κ2) is 10.6. The predicted molar refractivity (Wildman–Crippen MR) is 106 cm³/mol. The molecule has 27 heavy (non-hydrogen) atoms. The van der Waals surface area contributed by atoms with Crippen molar-refractivity contribution < 1.29 is 19.4 Å². The molecule has 2 rings (SSSR count). The predicted octanol–water partition coefficient (Wildman–Crippen LogP) is 4.41. The number of phenols is 1.